The van der Waals surface area contributed by atoms with Gasteiger partial charge in [0.1, 0.15) is 0 Å². The van der Waals surface area contributed by atoms with Crippen LogP contribution in [-0.2, 0) is 4.79 Å². The summed E-state index contributed by atoms with van der Waals surface area (Å²) in [4.78, 5) is 34.1. The van der Waals surface area contributed by atoms with Crippen molar-refractivity contribution in [2.45, 2.75) is 32.1 Å². The first-order valence-electron chi connectivity index (χ1n) is 10.6. The van der Waals surface area contributed by atoms with Crippen molar-refractivity contribution in [1.82, 2.24) is 20.8 Å². The van der Waals surface area contributed by atoms with Gasteiger partial charge in [-0.2, -0.15) is 0 Å². The molecule has 3 aromatic rings. The number of benzene rings is 1. The summed E-state index contributed by atoms with van der Waals surface area (Å²) in [7, 11) is 0. The summed E-state index contributed by atoms with van der Waals surface area (Å²) in [5, 5.41) is 0.746. The molecule has 6 nitrogen and oxygen atoms in total. The van der Waals surface area contributed by atoms with Crippen LogP contribution in [0.4, 0.5) is 0 Å². The number of para-hydroxylation sites is 1. The van der Waals surface area contributed by atoms with Gasteiger partial charge in [0, 0.05) is 29.8 Å². The lowest BCUT2D eigenvalue weighted by Gasteiger charge is -2.21. The number of rotatable bonds is 4. The van der Waals surface area contributed by atoms with Crippen LogP contribution in [0, 0.1) is 17.8 Å². The Labute approximate surface area is 175 Å². The number of amides is 2. The highest BCUT2D eigenvalue weighted by molar-refractivity contribution is 6.07. The van der Waals surface area contributed by atoms with E-state index in [1.165, 1.54) is 19.3 Å². The van der Waals surface area contributed by atoms with Crippen molar-refractivity contribution >= 4 is 22.7 Å². The third-order valence-corrected chi connectivity index (χ3v) is 6.58. The van der Waals surface area contributed by atoms with Gasteiger partial charge in [0.25, 0.3) is 5.91 Å². The molecule has 2 aliphatic carbocycles. The molecule has 152 valence electrons. The second kappa shape index (κ2) is 7.86. The SMILES string of the molecule is O=C(CC1CC2CCC1C2)NNC(=O)c1cc(-c2ccncc2)nc2ccccc12. The molecule has 30 heavy (non-hydrogen) atoms. The number of carbonyl (C=O) groups is 2. The molecular weight excluding hydrogens is 376 g/mol. The molecule has 0 radical (unpaired) electrons. The molecule has 2 amide bonds. The summed E-state index contributed by atoms with van der Waals surface area (Å²) in [6.45, 7) is 0. The van der Waals surface area contributed by atoms with Crippen molar-refractivity contribution in [2.24, 2.45) is 17.8 Å². The van der Waals surface area contributed by atoms with Crippen LogP contribution in [0.5, 0.6) is 0 Å². The van der Waals surface area contributed by atoms with Crippen molar-refractivity contribution in [3.8, 4) is 11.3 Å². The van der Waals surface area contributed by atoms with Crippen LogP contribution in [0.3, 0.4) is 0 Å². The van der Waals surface area contributed by atoms with Crippen molar-refractivity contribution < 1.29 is 9.59 Å². The smallest absolute Gasteiger partial charge is 0.270 e. The van der Waals surface area contributed by atoms with E-state index < -0.39 is 0 Å². The summed E-state index contributed by atoms with van der Waals surface area (Å²) >= 11 is 0. The number of hydrogen-bond acceptors (Lipinski definition) is 4. The number of carbonyl (C=O) groups excluding carboxylic acids is 2. The van der Waals surface area contributed by atoms with Crippen molar-refractivity contribution in [1.29, 1.82) is 0 Å². The number of nitrogens with zero attached hydrogens (tertiary/aromatic N) is 2. The van der Waals surface area contributed by atoms with Crippen LogP contribution in [0.25, 0.3) is 22.2 Å². The fourth-order valence-corrected chi connectivity index (χ4v) is 5.14. The summed E-state index contributed by atoms with van der Waals surface area (Å²) < 4.78 is 0. The van der Waals surface area contributed by atoms with E-state index in [2.05, 4.69) is 20.8 Å². The predicted octanol–water partition coefficient (Wildman–Crippen LogP) is 3.88. The van der Waals surface area contributed by atoms with Gasteiger partial charge in [-0.3, -0.25) is 25.4 Å². The van der Waals surface area contributed by atoms with Crippen LogP contribution in [0.1, 0.15) is 42.5 Å². The van der Waals surface area contributed by atoms with E-state index in [0.29, 0.717) is 29.5 Å². The Morgan fingerprint density at radius 3 is 2.60 bits per heavy atom. The standard InChI is InChI=1S/C24H24N4O2/c29-23(13-18-12-15-5-6-17(18)11-15)27-28-24(30)20-14-22(16-7-9-25-10-8-16)26-21-4-2-1-3-19(20)21/h1-4,7-10,14-15,17-18H,5-6,11-13H2,(H,27,29)(H,28,30). The van der Waals surface area contributed by atoms with Gasteiger partial charge < -0.3 is 0 Å². The topological polar surface area (TPSA) is 84.0 Å². The van der Waals surface area contributed by atoms with Crippen LogP contribution < -0.4 is 10.9 Å². The third kappa shape index (κ3) is 3.65. The van der Waals surface area contributed by atoms with Gasteiger partial charge >= 0.3 is 0 Å². The minimum atomic E-state index is -0.342. The molecule has 0 spiro atoms. The monoisotopic (exact) mass is 400 g/mol. The summed E-state index contributed by atoms with van der Waals surface area (Å²) in [5.74, 6) is 1.49. The van der Waals surface area contributed by atoms with Crippen LogP contribution in [-0.4, -0.2) is 21.8 Å². The third-order valence-electron chi connectivity index (χ3n) is 6.58. The lowest BCUT2D eigenvalue weighted by atomic mass is 9.86. The van der Waals surface area contributed by atoms with Gasteiger partial charge in [0.15, 0.2) is 0 Å². The second-order valence-electron chi connectivity index (χ2n) is 8.45. The Morgan fingerprint density at radius 2 is 1.83 bits per heavy atom. The molecular formula is C24H24N4O2. The lowest BCUT2D eigenvalue weighted by molar-refractivity contribution is -0.123. The van der Waals surface area contributed by atoms with E-state index in [4.69, 9.17) is 0 Å². The van der Waals surface area contributed by atoms with Crippen LogP contribution in [0.15, 0.2) is 54.9 Å². The highest BCUT2D eigenvalue weighted by atomic mass is 16.2. The van der Waals surface area contributed by atoms with E-state index >= 15 is 0 Å². The predicted molar refractivity (Wildman–Crippen MR) is 114 cm³/mol. The zero-order chi connectivity index (χ0) is 20.5. The van der Waals surface area contributed by atoms with Crippen molar-refractivity contribution in [2.75, 3.05) is 0 Å². The molecule has 0 saturated heterocycles. The van der Waals surface area contributed by atoms with Gasteiger partial charge in [0.2, 0.25) is 5.91 Å². The maximum atomic E-state index is 12.9. The highest BCUT2D eigenvalue weighted by Gasteiger charge is 2.40. The van der Waals surface area contributed by atoms with Crippen LogP contribution >= 0.6 is 0 Å². The number of nitrogens with one attached hydrogen (secondary N) is 2. The van der Waals surface area contributed by atoms with Gasteiger partial charge in [-0.1, -0.05) is 24.6 Å². The first-order valence-corrected chi connectivity index (χ1v) is 10.6. The molecule has 2 saturated carbocycles. The molecule has 5 rings (SSSR count). The molecule has 3 unspecified atom stereocenters. The second-order valence-corrected chi connectivity index (χ2v) is 8.45. The molecule has 2 N–H and O–H groups in total. The average molecular weight is 400 g/mol. The fourth-order valence-electron chi connectivity index (χ4n) is 5.14. The minimum Gasteiger partial charge on any atom is -0.273 e. The van der Waals surface area contributed by atoms with Crippen LogP contribution in [0.2, 0.25) is 0 Å². The van der Waals surface area contributed by atoms with Gasteiger partial charge in [-0.25, -0.2) is 4.98 Å². The number of aromatic nitrogens is 2. The number of hydrazine groups is 1. The zero-order valence-corrected chi connectivity index (χ0v) is 16.7. The molecule has 2 bridgehead atoms. The number of pyridine rings is 2. The minimum absolute atomic E-state index is 0.117. The number of fused-ring (bicyclic) bond motifs is 3. The lowest BCUT2D eigenvalue weighted by Crippen LogP contribution is -2.42. The Morgan fingerprint density at radius 1 is 1.00 bits per heavy atom. The molecule has 2 fully saturated rings. The van der Waals surface area contributed by atoms with Gasteiger partial charge in [0.05, 0.1) is 16.8 Å². The Kier molecular flexibility index (Phi) is 4.91. The first kappa shape index (κ1) is 18.7. The Bertz CT molecular complexity index is 1100. The molecule has 3 atom stereocenters. The zero-order valence-electron chi connectivity index (χ0n) is 16.7. The van der Waals surface area contributed by atoms with Crippen molar-refractivity contribution in [3.63, 3.8) is 0 Å². The molecule has 2 aliphatic rings. The summed E-state index contributed by atoms with van der Waals surface area (Å²) in [5.41, 5.74) is 8.01. The Balaban J connectivity index is 1.33. The van der Waals surface area contributed by atoms with E-state index in [9.17, 15) is 9.59 Å². The average Bonchev–Trinajstić information content (AvgIpc) is 3.40. The number of hydrogen-bond donors (Lipinski definition) is 2. The largest absolute Gasteiger partial charge is 0.273 e. The summed E-state index contributed by atoms with van der Waals surface area (Å²) in [6.07, 6.45) is 8.86. The van der Waals surface area contributed by atoms with E-state index in [1.54, 1.807) is 18.5 Å². The Hall–Kier alpha value is -3.28. The molecule has 0 aliphatic heterocycles. The normalized spacial score (nSPS) is 22.2. The van der Waals surface area contributed by atoms with E-state index in [-0.39, 0.29) is 11.8 Å². The molecule has 6 heteroatoms. The molecule has 2 heterocycles. The molecule has 2 aromatic heterocycles. The maximum Gasteiger partial charge on any atom is 0.270 e. The van der Waals surface area contributed by atoms with E-state index in [1.807, 2.05) is 36.4 Å². The fraction of sp³-hybridized carbons (Fsp3) is 0.333. The van der Waals surface area contributed by atoms with Gasteiger partial charge in [-0.15, -0.1) is 0 Å². The highest BCUT2D eigenvalue weighted by Crippen LogP contribution is 2.49. The molecule has 1 aromatic carbocycles. The van der Waals surface area contributed by atoms with E-state index in [0.717, 1.165) is 28.8 Å². The van der Waals surface area contributed by atoms with Gasteiger partial charge in [-0.05, 0) is 61.3 Å². The van der Waals surface area contributed by atoms with Crippen molar-refractivity contribution in [3.05, 3.63) is 60.4 Å². The first-order chi connectivity index (χ1) is 14.7. The quantitative estimate of drug-likeness (QED) is 0.651. The summed E-state index contributed by atoms with van der Waals surface area (Å²) in [6, 6.07) is 13.0. The maximum absolute atomic E-state index is 12.9.